The molecular weight excluding hydrogens is 380 g/mol. The smallest absolute Gasteiger partial charge is 0.224 e. The first-order valence-electron chi connectivity index (χ1n) is 11.3. The van der Waals surface area contributed by atoms with Gasteiger partial charge in [-0.05, 0) is 42.9 Å². The number of carbonyl (C=O) groups excluding carboxylic acids is 1. The van der Waals surface area contributed by atoms with Crippen molar-refractivity contribution in [3.05, 3.63) is 107 Å². The lowest BCUT2D eigenvalue weighted by atomic mass is 9.83. The van der Waals surface area contributed by atoms with E-state index < -0.39 is 0 Å². The fourth-order valence-electron chi connectivity index (χ4n) is 4.67. The molecule has 0 aromatic heterocycles. The highest BCUT2D eigenvalue weighted by Gasteiger charge is 2.33. The van der Waals surface area contributed by atoms with Gasteiger partial charge in [0.1, 0.15) is 0 Å². The van der Waals surface area contributed by atoms with Gasteiger partial charge in [0.05, 0.1) is 12.0 Å². The van der Waals surface area contributed by atoms with Gasteiger partial charge in [-0.3, -0.25) is 9.69 Å². The molecule has 3 aromatic carbocycles. The lowest BCUT2D eigenvalue weighted by Crippen LogP contribution is -2.45. The third-order valence-electron chi connectivity index (χ3n) is 6.32. The zero-order valence-electron chi connectivity index (χ0n) is 18.5. The summed E-state index contributed by atoms with van der Waals surface area (Å²) in [4.78, 5) is 15.7. The third-order valence-corrected chi connectivity index (χ3v) is 6.32. The maximum absolute atomic E-state index is 13.3. The van der Waals surface area contributed by atoms with Crippen LogP contribution in [0.2, 0.25) is 0 Å². The van der Waals surface area contributed by atoms with Crippen molar-refractivity contribution in [2.45, 2.75) is 38.8 Å². The summed E-state index contributed by atoms with van der Waals surface area (Å²) in [5, 5.41) is 3.27. The van der Waals surface area contributed by atoms with Gasteiger partial charge in [0.2, 0.25) is 5.91 Å². The fraction of sp³-hybridized carbons (Fsp3) is 0.321. The molecule has 4 rings (SSSR count). The molecule has 0 radical (unpaired) electrons. The number of amides is 1. The second-order valence-corrected chi connectivity index (χ2v) is 8.86. The average molecular weight is 413 g/mol. The molecule has 0 spiro atoms. The summed E-state index contributed by atoms with van der Waals surface area (Å²) in [6.07, 6.45) is 0.891. The fourth-order valence-corrected chi connectivity index (χ4v) is 4.67. The minimum absolute atomic E-state index is 0.00983. The molecule has 160 valence electrons. The summed E-state index contributed by atoms with van der Waals surface area (Å²) >= 11 is 0. The zero-order valence-corrected chi connectivity index (χ0v) is 18.5. The van der Waals surface area contributed by atoms with Crippen molar-refractivity contribution < 1.29 is 4.79 Å². The van der Waals surface area contributed by atoms with E-state index >= 15 is 0 Å². The first-order valence-corrected chi connectivity index (χ1v) is 11.3. The van der Waals surface area contributed by atoms with E-state index in [-0.39, 0.29) is 17.9 Å². The lowest BCUT2D eigenvalue weighted by molar-refractivity contribution is -0.127. The molecular formula is C28H32N2O. The number of benzene rings is 3. The number of aryl methyl sites for hydroxylation is 1. The van der Waals surface area contributed by atoms with E-state index in [1.165, 1.54) is 16.7 Å². The molecule has 0 bridgehead atoms. The maximum Gasteiger partial charge on any atom is 0.224 e. The van der Waals surface area contributed by atoms with Crippen LogP contribution >= 0.6 is 0 Å². The van der Waals surface area contributed by atoms with Crippen LogP contribution in [0.3, 0.4) is 0 Å². The number of rotatable bonds is 6. The first-order chi connectivity index (χ1) is 15.1. The van der Waals surface area contributed by atoms with Crippen molar-refractivity contribution in [3.63, 3.8) is 0 Å². The number of hydrogen-bond acceptors (Lipinski definition) is 2. The predicted molar refractivity (Wildman–Crippen MR) is 127 cm³/mol. The Morgan fingerprint density at radius 1 is 0.968 bits per heavy atom. The topological polar surface area (TPSA) is 32.3 Å². The Bertz CT molecular complexity index is 986. The van der Waals surface area contributed by atoms with Crippen LogP contribution in [-0.2, 0) is 11.3 Å². The average Bonchev–Trinajstić information content (AvgIpc) is 2.80. The van der Waals surface area contributed by atoms with Crippen molar-refractivity contribution in [1.29, 1.82) is 0 Å². The van der Waals surface area contributed by atoms with Crippen molar-refractivity contribution in [1.82, 2.24) is 10.2 Å². The van der Waals surface area contributed by atoms with Crippen LogP contribution in [0.1, 0.15) is 47.6 Å². The van der Waals surface area contributed by atoms with E-state index in [1.54, 1.807) is 0 Å². The van der Waals surface area contributed by atoms with Crippen LogP contribution < -0.4 is 5.32 Å². The van der Waals surface area contributed by atoms with Gasteiger partial charge >= 0.3 is 0 Å². The number of nitrogens with zero attached hydrogens (tertiary/aromatic N) is 1. The minimum atomic E-state index is -0.0193. The van der Waals surface area contributed by atoms with Gasteiger partial charge in [-0.1, -0.05) is 90.5 Å². The molecule has 0 aliphatic carbocycles. The summed E-state index contributed by atoms with van der Waals surface area (Å²) in [5.41, 5.74) is 5.05. The van der Waals surface area contributed by atoms with E-state index in [1.807, 2.05) is 18.2 Å². The first kappa shape index (κ1) is 21.3. The highest BCUT2D eigenvalue weighted by atomic mass is 16.2. The van der Waals surface area contributed by atoms with Gasteiger partial charge in [-0.2, -0.15) is 0 Å². The molecule has 1 saturated heterocycles. The monoisotopic (exact) mass is 412 g/mol. The van der Waals surface area contributed by atoms with Gasteiger partial charge in [-0.15, -0.1) is 0 Å². The van der Waals surface area contributed by atoms with Crippen LogP contribution in [0.25, 0.3) is 0 Å². The molecule has 3 heteroatoms. The number of nitrogens with one attached hydrogen (secondary N) is 1. The summed E-state index contributed by atoms with van der Waals surface area (Å²) < 4.78 is 0. The highest BCUT2D eigenvalue weighted by molar-refractivity contribution is 5.79. The second-order valence-electron chi connectivity index (χ2n) is 8.86. The molecule has 1 heterocycles. The molecule has 3 atom stereocenters. The SMILES string of the molecule is Cc1cccc([C@@H]2C[C@@H](C(=O)N[C@@H](C)c3ccccc3)CN(Cc3ccccc3)C2)c1. The number of carbonyl (C=O) groups is 1. The van der Waals surface area contributed by atoms with Crippen molar-refractivity contribution in [3.8, 4) is 0 Å². The van der Waals surface area contributed by atoms with Crippen LogP contribution in [0, 0.1) is 12.8 Å². The van der Waals surface area contributed by atoms with Crippen LogP contribution in [0.5, 0.6) is 0 Å². The molecule has 0 unspecified atom stereocenters. The molecule has 0 saturated carbocycles. The molecule has 1 amide bonds. The Morgan fingerprint density at radius 3 is 2.39 bits per heavy atom. The van der Waals surface area contributed by atoms with Gasteiger partial charge in [-0.25, -0.2) is 0 Å². The summed E-state index contributed by atoms with van der Waals surface area (Å²) in [6, 6.07) is 29.5. The molecule has 3 aromatic rings. The third kappa shape index (κ3) is 5.62. The van der Waals surface area contributed by atoms with E-state index in [9.17, 15) is 4.79 Å². The molecule has 3 nitrogen and oxygen atoms in total. The number of piperidine rings is 1. The Kier molecular flexibility index (Phi) is 6.83. The standard InChI is InChI=1S/C28H32N2O/c1-21-10-9-15-25(16-21)26-17-27(20-30(19-26)18-23-11-5-3-6-12-23)28(31)29-22(2)24-13-7-4-8-14-24/h3-16,22,26-27H,17-20H2,1-2H3,(H,29,31)/t22-,26+,27+/m0/s1. The quantitative estimate of drug-likeness (QED) is 0.582. The van der Waals surface area contributed by atoms with Gasteiger partial charge < -0.3 is 5.32 Å². The van der Waals surface area contributed by atoms with Crippen LogP contribution in [-0.4, -0.2) is 23.9 Å². The summed E-state index contributed by atoms with van der Waals surface area (Å²) in [7, 11) is 0. The normalized spacial score (nSPS) is 20.2. The summed E-state index contributed by atoms with van der Waals surface area (Å²) in [6.45, 7) is 6.86. The van der Waals surface area contributed by atoms with Crippen LogP contribution in [0.15, 0.2) is 84.9 Å². The zero-order chi connectivity index (χ0) is 21.6. The highest BCUT2D eigenvalue weighted by Crippen LogP contribution is 2.32. The minimum Gasteiger partial charge on any atom is -0.349 e. The van der Waals surface area contributed by atoms with Gasteiger partial charge in [0.25, 0.3) is 0 Å². The van der Waals surface area contributed by atoms with E-state index in [4.69, 9.17) is 0 Å². The van der Waals surface area contributed by atoms with Crippen molar-refractivity contribution in [2.75, 3.05) is 13.1 Å². The summed E-state index contributed by atoms with van der Waals surface area (Å²) in [5.74, 6) is 0.501. The van der Waals surface area contributed by atoms with E-state index in [2.05, 4.69) is 90.8 Å². The van der Waals surface area contributed by atoms with Crippen molar-refractivity contribution >= 4 is 5.91 Å². The Hall–Kier alpha value is -2.91. The maximum atomic E-state index is 13.3. The van der Waals surface area contributed by atoms with Gasteiger partial charge in [0, 0.05) is 19.6 Å². The van der Waals surface area contributed by atoms with Gasteiger partial charge in [0.15, 0.2) is 0 Å². The second kappa shape index (κ2) is 9.93. The number of hydrogen-bond donors (Lipinski definition) is 1. The lowest BCUT2D eigenvalue weighted by Gasteiger charge is -2.38. The van der Waals surface area contributed by atoms with E-state index in [0.717, 1.165) is 31.6 Å². The Morgan fingerprint density at radius 2 is 1.68 bits per heavy atom. The largest absolute Gasteiger partial charge is 0.349 e. The molecule has 1 aliphatic rings. The Balaban J connectivity index is 1.51. The molecule has 1 aliphatic heterocycles. The molecule has 31 heavy (non-hydrogen) atoms. The molecule has 1 N–H and O–H groups in total. The number of likely N-dealkylation sites (tertiary alicyclic amines) is 1. The van der Waals surface area contributed by atoms with Crippen molar-refractivity contribution in [2.24, 2.45) is 5.92 Å². The van der Waals surface area contributed by atoms with E-state index in [0.29, 0.717) is 5.92 Å². The predicted octanol–water partition coefficient (Wildman–Crippen LogP) is 5.48. The molecule has 1 fully saturated rings. The Labute approximate surface area is 186 Å². The van der Waals surface area contributed by atoms with Crippen LogP contribution in [0.4, 0.5) is 0 Å².